The highest BCUT2D eigenvalue weighted by atomic mass is 79.9. The zero-order valence-electron chi connectivity index (χ0n) is 13.0. The summed E-state index contributed by atoms with van der Waals surface area (Å²) in [6, 6.07) is 11.7. The third-order valence-electron chi connectivity index (χ3n) is 3.35. The van der Waals surface area contributed by atoms with Gasteiger partial charge in [-0.3, -0.25) is 0 Å². The summed E-state index contributed by atoms with van der Waals surface area (Å²) in [5.41, 5.74) is 0.757. The molecule has 1 unspecified atom stereocenters. The molecule has 0 aliphatic rings. The molecule has 2 aromatic rings. The summed E-state index contributed by atoms with van der Waals surface area (Å²) in [5.74, 6) is 0.914. The van der Waals surface area contributed by atoms with Crippen molar-refractivity contribution in [2.75, 3.05) is 14.2 Å². The Balaban J connectivity index is 2.36. The molecular weight excluding hydrogens is 382 g/mol. The van der Waals surface area contributed by atoms with Crippen LogP contribution in [0.1, 0.15) is 18.5 Å². The molecule has 124 valence electrons. The third kappa shape index (κ3) is 4.04. The van der Waals surface area contributed by atoms with E-state index in [9.17, 15) is 8.42 Å². The highest BCUT2D eigenvalue weighted by Gasteiger charge is 2.24. The van der Waals surface area contributed by atoms with E-state index in [2.05, 4.69) is 20.7 Å². The van der Waals surface area contributed by atoms with Crippen LogP contribution < -0.4 is 14.2 Å². The molecule has 0 radical (unpaired) electrons. The lowest BCUT2D eigenvalue weighted by Crippen LogP contribution is -2.27. The van der Waals surface area contributed by atoms with Gasteiger partial charge in [0.1, 0.15) is 16.4 Å². The number of sulfonamides is 1. The predicted octanol–water partition coefficient (Wildman–Crippen LogP) is 3.51. The smallest absolute Gasteiger partial charge is 0.244 e. The Morgan fingerprint density at radius 3 is 2.35 bits per heavy atom. The van der Waals surface area contributed by atoms with Crippen molar-refractivity contribution in [3.8, 4) is 11.5 Å². The molecular formula is C16H18BrNO4S. The Kier molecular flexibility index (Phi) is 5.67. The Hall–Kier alpha value is -1.57. The van der Waals surface area contributed by atoms with Crippen LogP contribution in [0.15, 0.2) is 51.8 Å². The van der Waals surface area contributed by atoms with Crippen molar-refractivity contribution in [2.24, 2.45) is 0 Å². The predicted molar refractivity (Wildman–Crippen MR) is 92.4 cm³/mol. The van der Waals surface area contributed by atoms with Gasteiger partial charge < -0.3 is 9.47 Å². The lowest BCUT2D eigenvalue weighted by atomic mass is 10.1. The Morgan fingerprint density at radius 1 is 1.04 bits per heavy atom. The van der Waals surface area contributed by atoms with Gasteiger partial charge in [-0.15, -0.1) is 0 Å². The number of hydrogen-bond donors (Lipinski definition) is 1. The van der Waals surface area contributed by atoms with E-state index >= 15 is 0 Å². The minimum atomic E-state index is -3.76. The SMILES string of the molecule is COc1ccccc1C(C)NS(=O)(=O)c1cc(Br)ccc1OC. The van der Waals surface area contributed by atoms with Crippen LogP contribution in [0.5, 0.6) is 11.5 Å². The summed E-state index contributed by atoms with van der Waals surface area (Å²) >= 11 is 3.28. The average Bonchev–Trinajstić information content (AvgIpc) is 2.54. The number of ether oxygens (including phenoxy) is 2. The highest BCUT2D eigenvalue weighted by molar-refractivity contribution is 9.10. The fraction of sp³-hybridized carbons (Fsp3) is 0.250. The Labute approximate surface area is 144 Å². The summed E-state index contributed by atoms with van der Waals surface area (Å²) in [5, 5.41) is 0. The average molecular weight is 400 g/mol. The highest BCUT2D eigenvalue weighted by Crippen LogP contribution is 2.30. The van der Waals surface area contributed by atoms with Gasteiger partial charge in [0.15, 0.2) is 0 Å². The van der Waals surface area contributed by atoms with Crippen LogP contribution in [0.3, 0.4) is 0 Å². The topological polar surface area (TPSA) is 64.6 Å². The number of methoxy groups -OCH3 is 2. The number of para-hydroxylation sites is 1. The number of nitrogens with one attached hydrogen (secondary N) is 1. The molecule has 0 aliphatic carbocycles. The zero-order chi connectivity index (χ0) is 17.0. The summed E-state index contributed by atoms with van der Waals surface area (Å²) in [6.07, 6.45) is 0. The van der Waals surface area contributed by atoms with E-state index in [1.807, 2.05) is 18.2 Å². The van der Waals surface area contributed by atoms with Crippen LogP contribution in [-0.4, -0.2) is 22.6 Å². The second kappa shape index (κ2) is 7.33. The first-order valence-corrected chi connectivity index (χ1v) is 9.15. The van der Waals surface area contributed by atoms with Crippen molar-refractivity contribution in [1.82, 2.24) is 4.72 Å². The normalized spacial score (nSPS) is 12.7. The van der Waals surface area contributed by atoms with Gasteiger partial charge in [0, 0.05) is 16.1 Å². The molecule has 5 nitrogen and oxygen atoms in total. The lowest BCUT2D eigenvalue weighted by Gasteiger charge is -2.18. The molecule has 0 amide bonds. The molecule has 0 bridgehead atoms. The van der Waals surface area contributed by atoms with E-state index in [0.717, 1.165) is 5.56 Å². The Bertz CT molecular complexity index is 792. The molecule has 23 heavy (non-hydrogen) atoms. The second-order valence-electron chi connectivity index (χ2n) is 4.88. The molecule has 7 heteroatoms. The van der Waals surface area contributed by atoms with Crippen molar-refractivity contribution >= 4 is 26.0 Å². The molecule has 0 saturated carbocycles. The molecule has 1 N–H and O–H groups in total. The first-order chi connectivity index (χ1) is 10.9. The fourth-order valence-electron chi connectivity index (χ4n) is 2.24. The van der Waals surface area contributed by atoms with E-state index in [4.69, 9.17) is 9.47 Å². The lowest BCUT2D eigenvalue weighted by molar-refractivity contribution is 0.400. The minimum absolute atomic E-state index is 0.0797. The van der Waals surface area contributed by atoms with Crippen molar-refractivity contribution in [1.29, 1.82) is 0 Å². The molecule has 0 aromatic heterocycles. The van der Waals surface area contributed by atoms with Gasteiger partial charge in [0.05, 0.1) is 14.2 Å². The number of benzene rings is 2. The molecule has 0 heterocycles. The van der Waals surface area contributed by atoms with Crippen LogP contribution in [0.4, 0.5) is 0 Å². The second-order valence-corrected chi connectivity index (χ2v) is 7.48. The van der Waals surface area contributed by atoms with Crippen LogP contribution in [-0.2, 0) is 10.0 Å². The minimum Gasteiger partial charge on any atom is -0.496 e. The summed E-state index contributed by atoms with van der Waals surface area (Å²) in [6.45, 7) is 1.76. The molecule has 2 rings (SSSR count). The van der Waals surface area contributed by atoms with Crippen LogP contribution >= 0.6 is 15.9 Å². The van der Waals surface area contributed by atoms with E-state index in [-0.39, 0.29) is 10.6 Å². The summed E-state index contributed by atoms with van der Waals surface area (Å²) in [7, 11) is -0.769. The third-order valence-corrected chi connectivity index (χ3v) is 5.41. The molecule has 1 atom stereocenters. The fourth-order valence-corrected chi connectivity index (χ4v) is 4.17. The van der Waals surface area contributed by atoms with Gasteiger partial charge in [-0.05, 0) is 31.2 Å². The zero-order valence-corrected chi connectivity index (χ0v) is 15.4. The van der Waals surface area contributed by atoms with E-state index in [0.29, 0.717) is 10.2 Å². The number of halogens is 1. The molecule has 0 saturated heterocycles. The van der Waals surface area contributed by atoms with Crippen LogP contribution in [0.2, 0.25) is 0 Å². The number of rotatable bonds is 6. The van der Waals surface area contributed by atoms with Crippen LogP contribution in [0.25, 0.3) is 0 Å². The largest absolute Gasteiger partial charge is 0.496 e. The molecule has 0 fully saturated rings. The van der Waals surface area contributed by atoms with Gasteiger partial charge in [-0.25, -0.2) is 13.1 Å². The van der Waals surface area contributed by atoms with Gasteiger partial charge in [0.2, 0.25) is 10.0 Å². The van der Waals surface area contributed by atoms with E-state index in [1.165, 1.54) is 13.2 Å². The Morgan fingerprint density at radius 2 is 1.70 bits per heavy atom. The quantitative estimate of drug-likeness (QED) is 0.806. The monoisotopic (exact) mass is 399 g/mol. The van der Waals surface area contributed by atoms with Crippen molar-refractivity contribution < 1.29 is 17.9 Å². The maximum absolute atomic E-state index is 12.7. The standard InChI is InChI=1S/C16H18BrNO4S/c1-11(13-6-4-5-7-14(13)21-2)18-23(19,20)16-10-12(17)8-9-15(16)22-3/h4-11,18H,1-3H3. The van der Waals surface area contributed by atoms with Crippen molar-refractivity contribution in [2.45, 2.75) is 17.9 Å². The van der Waals surface area contributed by atoms with E-state index < -0.39 is 16.1 Å². The first-order valence-electron chi connectivity index (χ1n) is 6.88. The van der Waals surface area contributed by atoms with Gasteiger partial charge in [-0.2, -0.15) is 0 Å². The van der Waals surface area contributed by atoms with Crippen LogP contribution in [0, 0.1) is 0 Å². The van der Waals surface area contributed by atoms with Crippen molar-refractivity contribution in [3.05, 3.63) is 52.5 Å². The molecule has 2 aromatic carbocycles. The summed E-state index contributed by atoms with van der Waals surface area (Å²) < 4.78 is 39.1. The van der Waals surface area contributed by atoms with E-state index in [1.54, 1.807) is 32.2 Å². The maximum atomic E-state index is 12.7. The van der Waals surface area contributed by atoms with Crippen molar-refractivity contribution in [3.63, 3.8) is 0 Å². The van der Waals surface area contributed by atoms with Gasteiger partial charge >= 0.3 is 0 Å². The summed E-state index contributed by atoms with van der Waals surface area (Å²) in [4.78, 5) is 0.0797. The first kappa shape index (κ1) is 17.8. The molecule has 0 spiro atoms. The number of hydrogen-bond acceptors (Lipinski definition) is 4. The van der Waals surface area contributed by atoms with Gasteiger partial charge in [0.25, 0.3) is 0 Å². The maximum Gasteiger partial charge on any atom is 0.244 e. The molecule has 0 aliphatic heterocycles. The van der Waals surface area contributed by atoms with Gasteiger partial charge in [-0.1, -0.05) is 34.1 Å².